The molecule has 1 aromatic rings. The molecule has 0 aliphatic carbocycles. The summed E-state index contributed by atoms with van der Waals surface area (Å²) in [6.45, 7) is 3.98. The summed E-state index contributed by atoms with van der Waals surface area (Å²) in [6, 6.07) is 7.68. The van der Waals surface area contributed by atoms with Gasteiger partial charge >= 0.3 is 0 Å². The molecular formula is C14H19NO3. The van der Waals surface area contributed by atoms with Crippen molar-refractivity contribution < 1.29 is 14.3 Å². The Morgan fingerprint density at radius 3 is 2.56 bits per heavy atom. The van der Waals surface area contributed by atoms with Crippen LogP contribution in [0.25, 0.3) is 0 Å². The van der Waals surface area contributed by atoms with E-state index in [4.69, 9.17) is 9.47 Å². The Labute approximate surface area is 108 Å². The summed E-state index contributed by atoms with van der Waals surface area (Å²) in [5, 5.41) is 0. The van der Waals surface area contributed by atoms with Gasteiger partial charge in [-0.15, -0.1) is 6.58 Å². The van der Waals surface area contributed by atoms with E-state index in [2.05, 4.69) is 6.58 Å². The van der Waals surface area contributed by atoms with Crippen molar-refractivity contribution in [3.05, 3.63) is 42.5 Å². The van der Waals surface area contributed by atoms with Crippen molar-refractivity contribution in [2.24, 2.45) is 0 Å². The number of hydrogen-bond acceptors (Lipinski definition) is 3. The van der Waals surface area contributed by atoms with Crippen molar-refractivity contribution in [3.8, 4) is 5.75 Å². The smallest absolute Gasteiger partial charge is 0.211 e. The molecule has 0 heterocycles. The third kappa shape index (κ3) is 4.22. The largest absolute Gasteiger partial charge is 0.497 e. The van der Waals surface area contributed by atoms with Crippen LogP contribution in [0.1, 0.15) is 18.1 Å². The lowest BCUT2D eigenvalue weighted by Crippen LogP contribution is -2.21. The van der Waals surface area contributed by atoms with Crippen LogP contribution in [0.2, 0.25) is 0 Å². The van der Waals surface area contributed by atoms with Gasteiger partial charge in [0.1, 0.15) is 12.5 Å². The first-order valence-electron chi connectivity index (χ1n) is 5.73. The number of nitrogens with zero attached hydrogens (tertiary/aromatic N) is 1. The van der Waals surface area contributed by atoms with Crippen molar-refractivity contribution in [2.75, 3.05) is 20.9 Å². The maximum absolute atomic E-state index is 10.5. The minimum Gasteiger partial charge on any atom is -0.497 e. The zero-order valence-corrected chi connectivity index (χ0v) is 10.8. The molecule has 98 valence electrons. The number of carbonyl (C=O) groups excluding carboxylic acids is 1. The van der Waals surface area contributed by atoms with Gasteiger partial charge in [0.15, 0.2) is 0 Å². The van der Waals surface area contributed by atoms with Crippen molar-refractivity contribution in [3.63, 3.8) is 0 Å². The van der Waals surface area contributed by atoms with Crippen LogP contribution in [-0.2, 0) is 9.53 Å². The van der Waals surface area contributed by atoms with Crippen LogP contribution in [0.5, 0.6) is 5.75 Å². The fourth-order valence-electron chi connectivity index (χ4n) is 1.51. The second kappa shape index (κ2) is 7.50. The summed E-state index contributed by atoms with van der Waals surface area (Å²) < 4.78 is 10.8. The van der Waals surface area contributed by atoms with Crippen LogP contribution in [0.15, 0.2) is 36.9 Å². The number of carbonyl (C=O) groups is 1. The molecule has 0 radical (unpaired) electrons. The second-order valence-corrected chi connectivity index (χ2v) is 3.94. The monoisotopic (exact) mass is 249 g/mol. The number of methoxy groups -OCH3 is 1. The molecule has 4 nitrogen and oxygen atoms in total. The molecule has 1 amide bonds. The molecule has 1 unspecified atom stereocenters. The maximum atomic E-state index is 10.5. The zero-order valence-electron chi connectivity index (χ0n) is 10.8. The molecular weight excluding hydrogens is 230 g/mol. The van der Waals surface area contributed by atoms with E-state index in [0.717, 1.165) is 17.7 Å². The number of amides is 1. The standard InChI is InChI=1S/C14H19NO3/c1-4-5-14(18-11-15(2)10-16)12-6-8-13(17-3)9-7-12/h4,6-10,14H,1,5,11H2,2-3H3. The van der Waals surface area contributed by atoms with Gasteiger partial charge in [0.05, 0.1) is 13.2 Å². The topological polar surface area (TPSA) is 38.8 Å². The van der Waals surface area contributed by atoms with Crippen LogP contribution in [0.3, 0.4) is 0 Å². The summed E-state index contributed by atoms with van der Waals surface area (Å²) in [5.74, 6) is 0.807. The van der Waals surface area contributed by atoms with Gasteiger partial charge in [0.25, 0.3) is 0 Å². The first-order valence-corrected chi connectivity index (χ1v) is 5.73. The molecule has 0 saturated carbocycles. The van der Waals surface area contributed by atoms with E-state index in [9.17, 15) is 4.79 Å². The van der Waals surface area contributed by atoms with E-state index in [1.54, 1.807) is 20.2 Å². The molecule has 1 rings (SSSR count). The molecule has 0 fully saturated rings. The van der Waals surface area contributed by atoms with E-state index >= 15 is 0 Å². The van der Waals surface area contributed by atoms with Crippen LogP contribution in [0, 0.1) is 0 Å². The van der Waals surface area contributed by atoms with Gasteiger partial charge in [-0.25, -0.2) is 0 Å². The van der Waals surface area contributed by atoms with Crippen molar-refractivity contribution in [2.45, 2.75) is 12.5 Å². The van der Waals surface area contributed by atoms with Gasteiger partial charge in [0, 0.05) is 7.05 Å². The quantitative estimate of drug-likeness (QED) is 0.403. The zero-order chi connectivity index (χ0) is 13.4. The predicted molar refractivity (Wildman–Crippen MR) is 70.3 cm³/mol. The van der Waals surface area contributed by atoms with Crippen LogP contribution in [0.4, 0.5) is 0 Å². The van der Waals surface area contributed by atoms with Gasteiger partial charge in [0.2, 0.25) is 6.41 Å². The van der Waals surface area contributed by atoms with Crippen molar-refractivity contribution in [1.29, 1.82) is 0 Å². The normalized spacial score (nSPS) is 11.7. The number of hydrogen-bond donors (Lipinski definition) is 0. The molecule has 1 atom stereocenters. The van der Waals surface area contributed by atoms with Gasteiger partial charge in [-0.2, -0.15) is 0 Å². The summed E-state index contributed by atoms with van der Waals surface area (Å²) in [7, 11) is 3.30. The summed E-state index contributed by atoms with van der Waals surface area (Å²) in [5.41, 5.74) is 1.04. The average Bonchev–Trinajstić information content (AvgIpc) is 2.43. The lowest BCUT2D eigenvalue weighted by atomic mass is 10.1. The Morgan fingerprint density at radius 2 is 2.06 bits per heavy atom. The molecule has 0 aliphatic heterocycles. The van der Waals surface area contributed by atoms with Crippen LogP contribution in [-0.4, -0.2) is 32.2 Å². The summed E-state index contributed by atoms with van der Waals surface area (Å²) in [6.07, 6.45) is 3.13. The lowest BCUT2D eigenvalue weighted by molar-refractivity contribution is -0.123. The second-order valence-electron chi connectivity index (χ2n) is 3.94. The highest BCUT2D eigenvalue weighted by molar-refractivity contribution is 5.45. The molecule has 0 aliphatic rings. The minimum absolute atomic E-state index is 0.101. The number of ether oxygens (including phenoxy) is 2. The Kier molecular flexibility index (Phi) is 5.94. The Morgan fingerprint density at radius 1 is 1.39 bits per heavy atom. The summed E-state index contributed by atoms with van der Waals surface area (Å²) in [4.78, 5) is 11.9. The molecule has 18 heavy (non-hydrogen) atoms. The highest BCUT2D eigenvalue weighted by Gasteiger charge is 2.11. The molecule has 4 heteroatoms. The summed E-state index contributed by atoms with van der Waals surface area (Å²) >= 11 is 0. The molecule has 0 saturated heterocycles. The minimum atomic E-state index is -0.101. The van der Waals surface area contributed by atoms with E-state index < -0.39 is 0 Å². The van der Waals surface area contributed by atoms with Crippen molar-refractivity contribution >= 4 is 6.41 Å². The predicted octanol–water partition coefficient (Wildman–Crippen LogP) is 2.37. The highest BCUT2D eigenvalue weighted by Crippen LogP contribution is 2.23. The fourth-order valence-corrected chi connectivity index (χ4v) is 1.51. The molecule has 0 N–H and O–H groups in total. The lowest BCUT2D eigenvalue weighted by Gasteiger charge is -2.20. The highest BCUT2D eigenvalue weighted by atomic mass is 16.5. The van der Waals surface area contributed by atoms with Gasteiger partial charge in [-0.1, -0.05) is 18.2 Å². The number of benzene rings is 1. The third-order valence-electron chi connectivity index (χ3n) is 2.53. The van der Waals surface area contributed by atoms with Gasteiger partial charge < -0.3 is 14.4 Å². The Hall–Kier alpha value is -1.81. The van der Waals surface area contributed by atoms with Crippen molar-refractivity contribution in [1.82, 2.24) is 4.90 Å². The molecule has 0 spiro atoms. The molecule has 1 aromatic carbocycles. The fraction of sp³-hybridized carbons (Fsp3) is 0.357. The van der Waals surface area contributed by atoms with E-state index in [1.807, 2.05) is 24.3 Å². The number of rotatable bonds is 8. The molecule has 0 bridgehead atoms. The van der Waals surface area contributed by atoms with E-state index in [0.29, 0.717) is 6.42 Å². The van der Waals surface area contributed by atoms with Gasteiger partial charge in [-0.3, -0.25) is 4.79 Å². The third-order valence-corrected chi connectivity index (χ3v) is 2.53. The van der Waals surface area contributed by atoms with Gasteiger partial charge in [-0.05, 0) is 24.1 Å². The van der Waals surface area contributed by atoms with E-state index in [1.165, 1.54) is 4.90 Å². The average molecular weight is 249 g/mol. The first-order chi connectivity index (χ1) is 8.71. The SMILES string of the molecule is C=CCC(OCN(C)C=O)c1ccc(OC)cc1. The van der Waals surface area contributed by atoms with Crippen LogP contribution >= 0.6 is 0 Å². The molecule has 0 aromatic heterocycles. The Bertz CT molecular complexity index is 375. The maximum Gasteiger partial charge on any atom is 0.211 e. The Balaban J connectivity index is 2.69. The van der Waals surface area contributed by atoms with Crippen LogP contribution < -0.4 is 4.74 Å². The van der Waals surface area contributed by atoms with E-state index in [-0.39, 0.29) is 12.8 Å². The first kappa shape index (κ1) is 14.3.